The number of aryl methyl sites for hydroxylation is 1. The van der Waals surface area contributed by atoms with Crippen molar-refractivity contribution in [2.75, 3.05) is 6.61 Å². The van der Waals surface area contributed by atoms with Crippen molar-refractivity contribution in [2.24, 2.45) is 0 Å². The van der Waals surface area contributed by atoms with Crippen molar-refractivity contribution in [2.45, 2.75) is 26.0 Å². The second kappa shape index (κ2) is 6.96. The van der Waals surface area contributed by atoms with Crippen LogP contribution in [-0.2, 0) is 25.6 Å². The lowest BCUT2D eigenvalue weighted by Crippen LogP contribution is -2.29. The van der Waals surface area contributed by atoms with Gasteiger partial charge >= 0.3 is 11.9 Å². The number of esters is 2. The molecule has 0 N–H and O–H groups in total. The van der Waals surface area contributed by atoms with Gasteiger partial charge in [-0.25, -0.2) is 9.78 Å². The first kappa shape index (κ1) is 17.4. The maximum absolute atomic E-state index is 12.9. The number of benzene rings is 1. The van der Waals surface area contributed by atoms with Crippen LogP contribution in [0.3, 0.4) is 0 Å². The van der Waals surface area contributed by atoms with Crippen LogP contribution >= 0.6 is 11.3 Å². The Labute approximate surface area is 158 Å². The molecule has 138 valence electrons. The molecule has 4 rings (SSSR count). The molecule has 1 aromatic carbocycles. The summed E-state index contributed by atoms with van der Waals surface area (Å²) in [6.45, 7) is 1.92. The second-order valence-electron chi connectivity index (χ2n) is 6.31. The molecule has 0 bridgehead atoms. The Kier molecular flexibility index (Phi) is 4.49. The highest BCUT2D eigenvalue weighted by Gasteiger charge is 2.30. The Morgan fingerprint density at radius 2 is 2.11 bits per heavy atom. The highest BCUT2D eigenvalue weighted by Crippen LogP contribution is 2.30. The van der Waals surface area contributed by atoms with E-state index in [0.29, 0.717) is 16.6 Å². The summed E-state index contributed by atoms with van der Waals surface area (Å²) in [6, 6.07) is 7.86. The van der Waals surface area contributed by atoms with Crippen LogP contribution in [0.2, 0.25) is 0 Å². The average Bonchev–Trinajstić information content (AvgIpc) is 3.25. The zero-order valence-electron chi connectivity index (χ0n) is 14.5. The lowest BCUT2D eigenvalue weighted by molar-refractivity contribution is -0.160. The Bertz CT molecular complexity index is 1080. The summed E-state index contributed by atoms with van der Waals surface area (Å²) in [5.41, 5.74) is 2.51. The van der Waals surface area contributed by atoms with Crippen molar-refractivity contribution >= 4 is 33.5 Å². The van der Waals surface area contributed by atoms with Crippen molar-refractivity contribution < 1.29 is 19.1 Å². The SMILES string of the molecule is Cc1ccc(-c2csc3ncn(CC(=O)O[C@H]4CCOC4=O)c(=O)c23)cc1. The molecule has 7 nitrogen and oxygen atoms in total. The predicted molar refractivity (Wildman–Crippen MR) is 99.5 cm³/mol. The topological polar surface area (TPSA) is 87.5 Å². The Morgan fingerprint density at radius 1 is 1.33 bits per heavy atom. The van der Waals surface area contributed by atoms with Crippen LogP contribution < -0.4 is 5.56 Å². The number of carbonyl (C=O) groups excluding carboxylic acids is 2. The van der Waals surface area contributed by atoms with Gasteiger partial charge in [0.1, 0.15) is 11.4 Å². The lowest BCUT2D eigenvalue weighted by Gasteiger charge is -2.09. The Balaban J connectivity index is 1.64. The van der Waals surface area contributed by atoms with E-state index in [1.807, 2.05) is 36.6 Å². The molecule has 0 radical (unpaired) electrons. The molecule has 3 aromatic rings. The van der Waals surface area contributed by atoms with E-state index in [1.165, 1.54) is 22.2 Å². The Morgan fingerprint density at radius 3 is 2.81 bits per heavy atom. The lowest BCUT2D eigenvalue weighted by atomic mass is 10.1. The van der Waals surface area contributed by atoms with Gasteiger partial charge < -0.3 is 9.47 Å². The fourth-order valence-electron chi connectivity index (χ4n) is 2.95. The highest BCUT2D eigenvalue weighted by atomic mass is 32.1. The number of rotatable bonds is 4. The minimum Gasteiger partial charge on any atom is -0.463 e. The predicted octanol–water partition coefficient (Wildman–Crippen LogP) is 2.29. The number of hydrogen-bond donors (Lipinski definition) is 0. The van der Waals surface area contributed by atoms with Crippen molar-refractivity contribution in [3.63, 3.8) is 0 Å². The molecular formula is C19H16N2O5S. The molecule has 1 aliphatic rings. The molecule has 0 aliphatic carbocycles. The van der Waals surface area contributed by atoms with Crippen LogP contribution in [0, 0.1) is 6.92 Å². The molecule has 1 aliphatic heterocycles. The largest absolute Gasteiger partial charge is 0.463 e. The second-order valence-corrected chi connectivity index (χ2v) is 7.17. The summed E-state index contributed by atoms with van der Waals surface area (Å²) in [6.07, 6.45) is 0.766. The van der Waals surface area contributed by atoms with Crippen LogP contribution in [-0.4, -0.2) is 34.2 Å². The number of thiophene rings is 1. The van der Waals surface area contributed by atoms with Gasteiger partial charge in [-0.3, -0.25) is 14.2 Å². The molecular weight excluding hydrogens is 368 g/mol. The molecule has 1 fully saturated rings. The first-order valence-corrected chi connectivity index (χ1v) is 9.30. The third kappa shape index (κ3) is 3.35. The van der Waals surface area contributed by atoms with Gasteiger partial charge in [0.25, 0.3) is 5.56 Å². The van der Waals surface area contributed by atoms with Gasteiger partial charge in [0, 0.05) is 17.4 Å². The highest BCUT2D eigenvalue weighted by molar-refractivity contribution is 7.17. The third-order valence-electron chi connectivity index (χ3n) is 4.38. The summed E-state index contributed by atoms with van der Waals surface area (Å²) in [7, 11) is 0. The molecule has 0 spiro atoms. The minimum atomic E-state index is -0.894. The van der Waals surface area contributed by atoms with Gasteiger partial charge in [0.2, 0.25) is 6.10 Å². The monoisotopic (exact) mass is 384 g/mol. The van der Waals surface area contributed by atoms with Gasteiger partial charge in [-0.05, 0) is 12.5 Å². The molecule has 0 unspecified atom stereocenters. The fraction of sp³-hybridized carbons (Fsp3) is 0.263. The maximum atomic E-state index is 12.9. The first-order chi connectivity index (χ1) is 13.0. The van der Waals surface area contributed by atoms with E-state index in [2.05, 4.69) is 4.98 Å². The number of fused-ring (bicyclic) bond motifs is 1. The minimum absolute atomic E-state index is 0.235. The molecule has 27 heavy (non-hydrogen) atoms. The fourth-order valence-corrected chi connectivity index (χ4v) is 3.85. The first-order valence-electron chi connectivity index (χ1n) is 8.43. The van der Waals surface area contributed by atoms with E-state index in [1.54, 1.807) is 0 Å². The normalized spacial score (nSPS) is 16.5. The van der Waals surface area contributed by atoms with Crippen LogP contribution in [0.1, 0.15) is 12.0 Å². The number of aromatic nitrogens is 2. The van der Waals surface area contributed by atoms with Crippen molar-refractivity contribution in [1.82, 2.24) is 9.55 Å². The van der Waals surface area contributed by atoms with Gasteiger partial charge in [-0.2, -0.15) is 0 Å². The molecule has 8 heteroatoms. The third-order valence-corrected chi connectivity index (χ3v) is 5.27. The smallest absolute Gasteiger partial charge is 0.347 e. The van der Waals surface area contributed by atoms with Crippen LogP contribution in [0.4, 0.5) is 0 Å². The van der Waals surface area contributed by atoms with Gasteiger partial charge in [0.15, 0.2) is 0 Å². The standard InChI is InChI=1S/C19H16N2O5S/c1-11-2-4-12(5-3-11)13-9-27-17-16(13)18(23)21(10-20-17)8-15(22)26-14-6-7-25-19(14)24/h2-5,9-10,14H,6-8H2,1H3/t14-/m0/s1. The van der Waals surface area contributed by atoms with E-state index < -0.39 is 18.0 Å². The van der Waals surface area contributed by atoms with E-state index in [0.717, 1.165) is 16.7 Å². The van der Waals surface area contributed by atoms with Crippen LogP contribution in [0.5, 0.6) is 0 Å². The summed E-state index contributed by atoms with van der Waals surface area (Å²) in [5, 5.41) is 2.36. The van der Waals surface area contributed by atoms with Crippen molar-refractivity contribution in [3.8, 4) is 11.1 Å². The number of cyclic esters (lactones) is 1. The maximum Gasteiger partial charge on any atom is 0.347 e. The zero-order valence-corrected chi connectivity index (χ0v) is 15.3. The summed E-state index contributed by atoms with van der Waals surface area (Å²) in [4.78, 5) is 41.4. The van der Waals surface area contributed by atoms with Crippen LogP contribution in [0.15, 0.2) is 40.8 Å². The van der Waals surface area contributed by atoms with E-state index in [9.17, 15) is 14.4 Å². The average molecular weight is 384 g/mol. The molecule has 1 saturated heterocycles. The van der Waals surface area contributed by atoms with Crippen molar-refractivity contribution in [1.29, 1.82) is 0 Å². The summed E-state index contributed by atoms with van der Waals surface area (Å²) < 4.78 is 11.1. The number of ether oxygens (including phenoxy) is 2. The summed E-state index contributed by atoms with van der Waals surface area (Å²) >= 11 is 1.38. The molecule has 0 saturated carbocycles. The van der Waals surface area contributed by atoms with Gasteiger partial charge in [-0.1, -0.05) is 29.8 Å². The quantitative estimate of drug-likeness (QED) is 0.642. The van der Waals surface area contributed by atoms with E-state index in [4.69, 9.17) is 9.47 Å². The van der Waals surface area contributed by atoms with E-state index in [-0.39, 0.29) is 18.7 Å². The van der Waals surface area contributed by atoms with Gasteiger partial charge in [-0.15, -0.1) is 11.3 Å². The zero-order chi connectivity index (χ0) is 19.0. The van der Waals surface area contributed by atoms with E-state index >= 15 is 0 Å². The number of hydrogen-bond acceptors (Lipinski definition) is 7. The molecule has 2 aromatic heterocycles. The number of carbonyl (C=O) groups is 2. The molecule has 0 amide bonds. The molecule has 3 heterocycles. The van der Waals surface area contributed by atoms with Crippen molar-refractivity contribution in [3.05, 3.63) is 51.9 Å². The number of nitrogens with zero attached hydrogens (tertiary/aromatic N) is 2. The van der Waals surface area contributed by atoms with Gasteiger partial charge in [0.05, 0.1) is 18.3 Å². The van der Waals surface area contributed by atoms with Crippen LogP contribution in [0.25, 0.3) is 21.3 Å². The Hall–Kier alpha value is -3.00. The molecule has 1 atom stereocenters. The summed E-state index contributed by atoms with van der Waals surface area (Å²) in [5.74, 6) is -1.22.